The minimum Gasteiger partial charge on any atom is -0.350 e. The zero-order chi connectivity index (χ0) is 13.0. The maximum Gasteiger partial charge on any atom is 0.267 e. The molecule has 0 saturated heterocycles. The predicted octanol–water partition coefficient (Wildman–Crippen LogP) is 1.70. The van der Waals surface area contributed by atoms with Gasteiger partial charge in [0.2, 0.25) is 0 Å². The van der Waals surface area contributed by atoms with E-state index in [1.54, 1.807) is 16.8 Å². The lowest BCUT2D eigenvalue weighted by Gasteiger charge is -2.07. The van der Waals surface area contributed by atoms with E-state index in [2.05, 4.69) is 10.3 Å². The summed E-state index contributed by atoms with van der Waals surface area (Å²) < 4.78 is 1.81. The maximum absolute atomic E-state index is 11.8. The third-order valence-corrected chi connectivity index (χ3v) is 2.94. The van der Waals surface area contributed by atoms with Crippen LogP contribution in [0.25, 0.3) is 0 Å². The monoisotopic (exact) mass is 243 g/mol. The smallest absolute Gasteiger partial charge is 0.267 e. The number of nitrogens with zero attached hydrogens (tertiary/aromatic N) is 2. The number of aryl methyl sites for hydroxylation is 2. The maximum atomic E-state index is 11.8. The van der Waals surface area contributed by atoms with Crippen molar-refractivity contribution in [1.29, 1.82) is 0 Å². The number of aromatic nitrogens is 2. The normalized spacial score (nSPS) is 10.3. The van der Waals surface area contributed by atoms with Crippen LogP contribution in [0.5, 0.6) is 0 Å². The lowest BCUT2D eigenvalue weighted by atomic mass is 10.1. The van der Waals surface area contributed by atoms with Gasteiger partial charge >= 0.3 is 0 Å². The van der Waals surface area contributed by atoms with Gasteiger partial charge in [0.1, 0.15) is 5.69 Å². The topological polar surface area (TPSA) is 46.9 Å². The Morgan fingerprint density at radius 1 is 1.39 bits per heavy atom. The average molecular weight is 243 g/mol. The predicted molar refractivity (Wildman–Crippen MR) is 70.4 cm³/mol. The summed E-state index contributed by atoms with van der Waals surface area (Å²) in [5.74, 6) is -0.0453. The molecular formula is C14H17N3O. The summed E-state index contributed by atoms with van der Waals surface area (Å²) in [6.07, 6.45) is 4.39. The van der Waals surface area contributed by atoms with Crippen LogP contribution in [-0.4, -0.2) is 22.0 Å². The van der Waals surface area contributed by atoms with E-state index in [4.69, 9.17) is 0 Å². The van der Waals surface area contributed by atoms with Gasteiger partial charge in [-0.3, -0.25) is 9.78 Å². The summed E-state index contributed by atoms with van der Waals surface area (Å²) >= 11 is 0. The molecule has 2 aromatic rings. The standard InChI is InChI=1S/C14H17N3O/c1-11-5-3-8-15-12(11)7-9-16-14(18)13-6-4-10-17(13)2/h3-6,8,10H,7,9H2,1-2H3,(H,16,18). The Balaban J connectivity index is 1.88. The Kier molecular flexibility index (Phi) is 3.77. The molecule has 1 N–H and O–H groups in total. The Hall–Kier alpha value is -2.10. The molecule has 0 unspecified atom stereocenters. The van der Waals surface area contributed by atoms with Crippen molar-refractivity contribution < 1.29 is 4.79 Å². The van der Waals surface area contributed by atoms with Crippen molar-refractivity contribution >= 4 is 5.91 Å². The second-order valence-corrected chi connectivity index (χ2v) is 4.28. The average Bonchev–Trinajstić information content (AvgIpc) is 2.78. The molecule has 4 heteroatoms. The molecule has 0 radical (unpaired) electrons. The van der Waals surface area contributed by atoms with Crippen LogP contribution in [0.4, 0.5) is 0 Å². The third-order valence-electron chi connectivity index (χ3n) is 2.94. The van der Waals surface area contributed by atoms with Gasteiger partial charge in [-0.1, -0.05) is 6.07 Å². The first-order valence-corrected chi connectivity index (χ1v) is 5.98. The van der Waals surface area contributed by atoms with Crippen molar-refractivity contribution in [2.75, 3.05) is 6.54 Å². The second kappa shape index (κ2) is 5.49. The molecule has 0 fully saturated rings. The highest BCUT2D eigenvalue weighted by Crippen LogP contribution is 2.03. The molecule has 0 atom stereocenters. The van der Waals surface area contributed by atoms with Gasteiger partial charge in [0.05, 0.1) is 0 Å². The Labute approximate surface area is 107 Å². The van der Waals surface area contributed by atoms with Crippen LogP contribution < -0.4 is 5.32 Å². The molecule has 0 aliphatic rings. The lowest BCUT2D eigenvalue weighted by Crippen LogP contribution is -2.27. The number of hydrogen-bond acceptors (Lipinski definition) is 2. The summed E-state index contributed by atoms with van der Waals surface area (Å²) in [5, 5.41) is 2.90. The molecular weight excluding hydrogens is 226 g/mol. The molecule has 4 nitrogen and oxygen atoms in total. The number of amides is 1. The van der Waals surface area contributed by atoms with Crippen LogP contribution in [-0.2, 0) is 13.5 Å². The number of pyridine rings is 1. The van der Waals surface area contributed by atoms with Crippen molar-refractivity contribution in [3.8, 4) is 0 Å². The molecule has 0 spiro atoms. The summed E-state index contributed by atoms with van der Waals surface area (Å²) in [6.45, 7) is 2.63. The van der Waals surface area contributed by atoms with E-state index >= 15 is 0 Å². The first kappa shape index (κ1) is 12.4. The molecule has 2 heterocycles. The minimum atomic E-state index is -0.0453. The van der Waals surface area contributed by atoms with Crippen LogP contribution in [0.1, 0.15) is 21.7 Å². The van der Waals surface area contributed by atoms with Gasteiger partial charge in [0, 0.05) is 38.1 Å². The van der Waals surface area contributed by atoms with Gasteiger partial charge in [0.25, 0.3) is 5.91 Å². The number of nitrogens with one attached hydrogen (secondary N) is 1. The number of carbonyl (C=O) groups excluding carboxylic acids is 1. The fourth-order valence-corrected chi connectivity index (χ4v) is 1.86. The highest BCUT2D eigenvalue weighted by atomic mass is 16.1. The lowest BCUT2D eigenvalue weighted by molar-refractivity contribution is 0.0946. The molecule has 2 aromatic heterocycles. The first-order chi connectivity index (χ1) is 8.68. The minimum absolute atomic E-state index is 0.0453. The van der Waals surface area contributed by atoms with E-state index in [1.807, 2.05) is 38.4 Å². The fraction of sp³-hybridized carbons (Fsp3) is 0.286. The van der Waals surface area contributed by atoms with Gasteiger partial charge in [-0.05, 0) is 30.7 Å². The fourth-order valence-electron chi connectivity index (χ4n) is 1.86. The number of carbonyl (C=O) groups is 1. The zero-order valence-corrected chi connectivity index (χ0v) is 10.7. The zero-order valence-electron chi connectivity index (χ0n) is 10.7. The van der Waals surface area contributed by atoms with E-state index in [1.165, 1.54) is 0 Å². The van der Waals surface area contributed by atoms with Gasteiger partial charge < -0.3 is 9.88 Å². The van der Waals surface area contributed by atoms with Crippen molar-refractivity contribution in [2.45, 2.75) is 13.3 Å². The van der Waals surface area contributed by atoms with E-state index in [0.29, 0.717) is 12.2 Å². The summed E-state index contributed by atoms with van der Waals surface area (Å²) in [4.78, 5) is 16.1. The largest absolute Gasteiger partial charge is 0.350 e. The Morgan fingerprint density at radius 2 is 2.22 bits per heavy atom. The van der Waals surface area contributed by atoms with E-state index < -0.39 is 0 Å². The molecule has 0 aliphatic carbocycles. The highest BCUT2D eigenvalue weighted by Gasteiger charge is 2.08. The van der Waals surface area contributed by atoms with Crippen molar-refractivity contribution in [3.05, 3.63) is 53.6 Å². The molecule has 18 heavy (non-hydrogen) atoms. The highest BCUT2D eigenvalue weighted by molar-refractivity contribution is 5.92. The second-order valence-electron chi connectivity index (χ2n) is 4.28. The molecule has 1 amide bonds. The van der Waals surface area contributed by atoms with Crippen LogP contribution in [0.3, 0.4) is 0 Å². The van der Waals surface area contributed by atoms with E-state index in [9.17, 15) is 4.79 Å². The molecule has 94 valence electrons. The van der Waals surface area contributed by atoms with Gasteiger partial charge in [-0.25, -0.2) is 0 Å². The van der Waals surface area contributed by atoms with Crippen molar-refractivity contribution in [1.82, 2.24) is 14.9 Å². The van der Waals surface area contributed by atoms with Crippen molar-refractivity contribution in [2.24, 2.45) is 7.05 Å². The SMILES string of the molecule is Cc1cccnc1CCNC(=O)c1cccn1C. The molecule has 0 bridgehead atoms. The summed E-state index contributed by atoms with van der Waals surface area (Å²) in [6, 6.07) is 7.61. The Bertz CT molecular complexity index is 545. The first-order valence-electron chi connectivity index (χ1n) is 5.98. The quantitative estimate of drug-likeness (QED) is 0.888. The van der Waals surface area contributed by atoms with Crippen molar-refractivity contribution in [3.63, 3.8) is 0 Å². The van der Waals surface area contributed by atoms with Crippen LogP contribution in [0, 0.1) is 6.92 Å². The van der Waals surface area contributed by atoms with Gasteiger partial charge in [-0.2, -0.15) is 0 Å². The Morgan fingerprint density at radius 3 is 2.89 bits per heavy atom. The molecule has 2 rings (SSSR count). The van der Waals surface area contributed by atoms with Crippen LogP contribution in [0.15, 0.2) is 36.7 Å². The van der Waals surface area contributed by atoms with Crippen LogP contribution >= 0.6 is 0 Å². The summed E-state index contributed by atoms with van der Waals surface area (Å²) in [5.41, 5.74) is 2.86. The molecule has 0 aromatic carbocycles. The summed E-state index contributed by atoms with van der Waals surface area (Å²) in [7, 11) is 1.86. The van der Waals surface area contributed by atoms with Crippen LogP contribution in [0.2, 0.25) is 0 Å². The van der Waals surface area contributed by atoms with Gasteiger partial charge in [0.15, 0.2) is 0 Å². The third kappa shape index (κ3) is 2.77. The molecule has 0 aliphatic heterocycles. The number of rotatable bonds is 4. The molecule has 0 saturated carbocycles. The number of hydrogen-bond donors (Lipinski definition) is 1. The van der Waals surface area contributed by atoms with Gasteiger partial charge in [-0.15, -0.1) is 0 Å². The van der Waals surface area contributed by atoms with E-state index in [0.717, 1.165) is 17.7 Å². The van der Waals surface area contributed by atoms with E-state index in [-0.39, 0.29) is 5.91 Å².